The number of carbonyl (C=O) groups is 1. The number of aryl methyl sites for hydroxylation is 1. The molecule has 0 unspecified atom stereocenters. The van der Waals surface area contributed by atoms with E-state index in [0.29, 0.717) is 13.2 Å². The molecule has 5 heteroatoms. The number of fused-ring (bicyclic) bond motifs is 1. The first kappa shape index (κ1) is 19.5. The average Bonchev–Trinajstić information content (AvgIpc) is 3.18. The second-order valence-corrected chi connectivity index (χ2v) is 7.10. The molecule has 30 heavy (non-hydrogen) atoms. The Morgan fingerprint density at radius 1 is 1.07 bits per heavy atom. The fourth-order valence-electron chi connectivity index (χ4n) is 3.10. The van der Waals surface area contributed by atoms with Gasteiger partial charge in [-0.2, -0.15) is 0 Å². The van der Waals surface area contributed by atoms with Gasteiger partial charge in [-0.1, -0.05) is 48.5 Å². The van der Waals surface area contributed by atoms with Gasteiger partial charge in [-0.25, -0.2) is 4.98 Å². The predicted octanol–water partition coefficient (Wildman–Crippen LogP) is 4.55. The first-order valence-corrected chi connectivity index (χ1v) is 9.83. The third-order valence-corrected chi connectivity index (χ3v) is 4.63. The number of hydrogen-bond donors (Lipinski definition) is 1. The van der Waals surface area contributed by atoms with Crippen LogP contribution in [0.5, 0.6) is 5.75 Å². The van der Waals surface area contributed by atoms with Gasteiger partial charge in [0, 0.05) is 18.5 Å². The highest BCUT2D eigenvalue weighted by Gasteiger charge is 2.03. The first-order chi connectivity index (χ1) is 14.7. The number of benzene rings is 2. The van der Waals surface area contributed by atoms with Crippen molar-refractivity contribution in [3.8, 4) is 5.75 Å². The van der Waals surface area contributed by atoms with Gasteiger partial charge in [0.1, 0.15) is 18.0 Å². The van der Waals surface area contributed by atoms with Crippen molar-refractivity contribution >= 4 is 17.6 Å². The average molecular weight is 397 g/mol. The van der Waals surface area contributed by atoms with Crippen LogP contribution < -0.4 is 10.1 Å². The number of carbonyl (C=O) groups excluding carboxylic acids is 1. The summed E-state index contributed by atoms with van der Waals surface area (Å²) in [7, 11) is 0. The molecule has 1 amide bonds. The maximum Gasteiger partial charge on any atom is 0.244 e. The molecule has 0 spiro atoms. The van der Waals surface area contributed by atoms with E-state index in [9.17, 15) is 4.79 Å². The SMILES string of the molecule is Cc1ccc2nc(CNC(=O)/C=C/c3cccc(OCc4ccccc4)c3)cn2c1. The Morgan fingerprint density at radius 2 is 1.93 bits per heavy atom. The summed E-state index contributed by atoms with van der Waals surface area (Å²) >= 11 is 0. The molecule has 0 bridgehead atoms. The quantitative estimate of drug-likeness (QED) is 0.466. The van der Waals surface area contributed by atoms with Gasteiger partial charge in [0.15, 0.2) is 0 Å². The van der Waals surface area contributed by atoms with Crippen molar-refractivity contribution in [3.63, 3.8) is 0 Å². The van der Waals surface area contributed by atoms with Crippen LogP contribution in [-0.4, -0.2) is 15.3 Å². The van der Waals surface area contributed by atoms with Crippen LogP contribution in [0.15, 0.2) is 85.2 Å². The summed E-state index contributed by atoms with van der Waals surface area (Å²) < 4.78 is 7.80. The lowest BCUT2D eigenvalue weighted by molar-refractivity contribution is -0.116. The van der Waals surface area contributed by atoms with Crippen molar-refractivity contribution in [1.29, 1.82) is 0 Å². The molecule has 1 N–H and O–H groups in total. The minimum absolute atomic E-state index is 0.168. The highest BCUT2D eigenvalue weighted by Crippen LogP contribution is 2.16. The van der Waals surface area contributed by atoms with Crippen LogP contribution in [0.4, 0.5) is 0 Å². The van der Waals surface area contributed by atoms with Crippen LogP contribution >= 0.6 is 0 Å². The molecule has 2 aromatic heterocycles. The van der Waals surface area contributed by atoms with E-state index in [2.05, 4.69) is 10.3 Å². The summed E-state index contributed by atoms with van der Waals surface area (Å²) in [6.45, 7) is 2.92. The molecule has 0 aliphatic heterocycles. The molecular weight excluding hydrogens is 374 g/mol. The van der Waals surface area contributed by atoms with E-state index >= 15 is 0 Å². The van der Waals surface area contributed by atoms with Crippen molar-refractivity contribution in [2.45, 2.75) is 20.1 Å². The van der Waals surface area contributed by atoms with E-state index in [4.69, 9.17) is 4.74 Å². The zero-order chi connectivity index (χ0) is 20.8. The molecule has 150 valence electrons. The predicted molar refractivity (Wildman–Crippen MR) is 118 cm³/mol. The molecule has 0 radical (unpaired) electrons. The number of amides is 1. The minimum atomic E-state index is -0.168. The Labute approximate surface area is 175 Å². The van der Waals surface area contributed by atoms with Crippen LogP contribution in [0.1, 0.15) is 22.4 Å². The van der Waals surface area contributed by atoms with Gasteiger partial charge in [0.25, 0.3) is 0 Å². The lowest BCUT2D eigenvalue weighted by atomic mass is 10.2. The molecule has 5 nitrogen and oxygen atoms in total. The number of nitrogens with one attached hydrogen (secondary N) is 1. The smallest absolute Gasteiger partial charge is 0.244 e. The van der Waals surface area contributed by atoms with Gasteiger partial charge >= 0.3 is 0 Å². The van der Waals surface area contributed by atoms with Crippen molar-refractivity contribution in [2.24, 2.45) is 0 Å². The minimum Gasteiger partial charge on any atom is -0.489 e. The molecule has 0 fully saturated rings. The van der Waals surface area contributed by atoms with Crippen LogP contribution in [0.3, 0.4) is 0 Å². The number of hydrogen-bond acceptors (Lipinski definition) is 3. The van der Waals surface area contributed by atoms with E-state index in [1.807, 2.05) is 90.4 Å². The second kappa shape index (κ2) is 9.09. The van der Waals surface area contributed by atoms with Crippen LogP contribution in [0, 0.1) is 6.92 Å². The summed E-state index contributed by atoms with van der Waals surface area (Å²) in [5.41, 5.74) is 4.86. The van der Waals surface area contributed by atoms with Crippen molar-refractivity contribution < 1.29 is 9.53 Å². The standard InChI is InChI=1S/C25H23N3O2/c1-19-10-12-24-27-22(17-28(24)16-19)15-26-25(29)13-11-20-8-5-9-23(14-20)30-18-21-6-3-2-4-7-21/h2-14,16-17H,15,18H2,1H3,(H,26,29)/b13-11+. The fraction of sp³-hybridized carbons (Fsp3) is 0.120. The zero-order valence-electron chi connectivity index (χ0n) is 16.8. The van der Waals surface area contributed by atoms with Crippen LogP contribution in [-0.2, 0) is 17.9 Å². The second-order valence-electron chi connectivity index (χ2n) is 7.10. The van der Waals surface area contributed by atoms with Gasteiger partial charge in [0.2, 0.25) is 5.91 Å². The van der Waals surface area contributed by atoms with E-state index < -0.39 is 0 Å². The Kier molecular flexibility index (Phi) is 5.90. The molecule has 0 aliphatic carbocycles. The Morgan fingerprint density at radius 3 is 2.80 bits per heavy atom. The van der Waals surface area contributed by atoms with E-state index in [1.165, 1.54) is 6.08 Å². The largest absolute Gasteiger partial charge is 0.489 e. The molecule has 0 aliphatic rings. The molecule has 0 atom stereocenters. The molecule has 0 saturated heterocycles. The molecule has 2 heterocycles. The number of rotatable bonds is 7. The van der Waals surface area contributed by atoms with E-state index in [-0.39, 0.29) is 5.91 Å². The van der Waals surface area contributed by atoms with Crippen molar-refractivity contribution in [2.75, 3.05) is 0 Å². The number of ether oxygens (including phenoxy) is 1. The lowest BCUT2D eigenvalue weighted by Gasteiger charge is -2.07. The number of nitrogens with zero attached hydrogens (tertiary/aromatic N) is 2. The van der Waals surface area contributed by atoms with Crippen molar-refractivity contribution in [1.82, 2.24) is 14.7 Å². The van der Waals surface area contributed by atoms with E-state index in [0.717, 1.165) is 33.8 Å². The summed E-state index contributed by atoms with van der Waals surface area (Å²) in [5.74, 6) is 0.597. The normalized spacial score (nSPS) is 11.1. The highest BCUT2D eigenvalue weighted by atomic mass is 16.5. The summed E-state index contributed by atoms with van der Waals surface area (Å²) in [5, 5.41) is 2.87. The van der Waals surface area contributed by atoms with Gasteiger partial charge in [-0.15, -0.1) is 0 Å². The Balaban J connectivity index is 1.31. The third-order valence-electron chi connectivity index (χ3n) is 4.63. The van der Waals surface area contributed by atoms with Crippen LogP contribution in [0.2, 0.25) is 0 Å². The zero-order valence-corrected chi connectivity index (χ0v) is 16.8. The Bertz CT molecular complexity index is 1180. The topological polar surface area (TPSA) is 55.6 Å². The summed E-state index contributed by atoms with van der Waals surface area (Å²) in [6.07, 6.45) is 7.24. The molecule has 4 aromatic rings. The third kappa shape index (κ3) is 5.14. The molecule has 2 aromatic carbocycles. The van der Waals surface area contributed by atoms with E-state index in [1.54, 1.807) is 6.08 Å². The number of imidazole rings is 1. The summed E-state index contributed by atoms with van der Waals surface area (Å²) in [6, 6.07) is 21.7. The number of aromatic nitrogens is 2. The van der Waals surface area contributed by atoms with Crippen LogP contribution in [0.25, 0.3) is 11.7 Å². The summed E-state index contributed by atoms with van der Waals surface area (Å²) in [4.78, 5) is 16.7. The number of pyridine rings is 1. The van der Waals surface area contributed by atoms with Gasteiger partial charge in [-0.05, 0) is 47.9 Å². The maximum absolute atomic E-state index is 12.2. The first-order valence-electron chi connectivity index (χ1n) is 9.83. The van der Waals surface area contributed by atoms with Gasteiger partial charge in [0.05, 0.1) is 12.2 Å². The highest BCUT2D eigenvalue weighted by molar-refractivity contribution is 5.91. The molecule has 4 rings (SSSR count). The maximum atomic E-state index is 12.2. The van der Waals surface area contributed by atoms with Crippen molar-refractivity contribution in [3.05, 3.63) is 108 Å². The molecular formula is C25H23N3O2. The monoisotopic (exact) mass is 397 g/mol. The van der Waals surface area contributed by atoms with Gasteiger partial charge in [-0.3, -0.25) is 4.79 Å². The fourth-order valence-corrected chi connectivity index (χ4v) is 3.10. The molecule has 0 saturated carbocycles. The lowest BCUT2D eigenvalue weighted by Crippen LogP contribution is -2.20. The Hall–Kier alpha value is -3.86. The van der Waals surface area contributed by atoms with Gasteiger partial charge < -0.3 is 14.5 Å².